The molecule has 4 heteroatoms. The molecule has 3 nitrogen and oxygen atoms in total. The molecule has 1 heterocycles. The second-order valence-corrected chi connectivity index (χ2v) is 5.49. The highest BCUT2D eigenvalue weighted by Crippen LogP contribution is 2.31. The molecule has 0 bridgehead atoms. The van der Waals surface area contributed by atoms with E-state index < -0.39 is 0 Å². The Balaban J connectivity index is 1.96. The lowest BCUT2D eigenvalue weighted by atomic mass is 10.1. The third-order valence-corrected chi connectivity index (χ3v) is 4.06. The van der Waals surface area contributed by atoms with Crippen molar-refractivity contribution in [1.82, 2.24) is 0 Å². The number of anilines is 1. The molecule has 1 amide bonds. The Hall–Kier alpha value is -2.13. The Bertz CT molecular complexity index is 739. The molecule has 0 saturated carbocycles. The van der Waals surface area contributed by atoms with Gasteiger partial charge in [0.1, 0.15) is 0 Å². The molecule has 2 aromatic carbocycles. The third kappa shape index (κ3) is 2.45. The van der Waals surface area contributed by atoms with Gasteiger partial charge in [-0.25, -0.2) is 0 Å². The molecule has 0 atom stereocenters. The maximum atomic E-state index is 12.6. The summed E-state index contributed by atoms with van der Waals surface area (Å²) in [6, 6.07) is 12.5. The molecule has 0 saturated heterocycles. The van der Waals surface area contributed by atoms with E-state index in [0.29, 0.717) is 22.7 Å². The molecule has 21 heavy (non-hydrogen) atoms. The maximum Gasteiger partial charge on any atom is 0.259 e. The van der Waals surface area contributed by atoms with E-state index in [1.165, 1.54) is 0 Å². The van der Waals surface area contributed by atoms with Crippen molar-refractivity contribution >= 4 is 29.0 Å². The zero-order valence-corrected chi connectivity index (χ0v) is 12.4. The standard InChI is InChI=1S/C17H14ClNO2/c1-11(20)12-6-7-16-13(10-12)8-9-19(16)17(21)14-4-2-3-5-15(14)18/h2-7,10H,8-9H2,1H3. The van der Waals surface area contributed by atoms with Crippen LogP contribution in [0.3, 0.4) is 0 Å². The summed E-state index contributed by atoms with van der Waals surface area (Å²) in [7, 11) is 0. The molecule has 3 rings (SSSR count). The van der Waals surface area contributed by atoms with E-state index in [-0.39, 0.29) is 11.7 Å². The van der Waals surface area contributed by atoms with E-state index in [4.69, 9.17) is 11.6 Å². The number of amides is 1. The number of rotatable bonds is 2. The number of carbonyl (C=O) groups excluding carboxylic acids is 2. The largest absolute Gasteiger partial charge is 0.308 e. The summed E-state index contributed by atoms with van der Waals surface area (Å²) >= 11 is 6.10. The Morgan fingerprint density at radius 3 is 2.62 bits per heavy atom. The van der Waals surface area contributed by atoms with Crippen molar-refractivity contribution in [3.8, 4) is 0 Å². The first kappa shape index (κ1) is 13.8. The van der Waals surface area contributed by atoms with Crippen molar-refractivity contribution in [2.75, 3.05) is 11.4 Å². The molecule has 0 fully saturated rings. The zero-order chi connectivity index (χ0) is 15.0. The molecule has 0 aliphatic carbocycles. The van der Waals surface area contributed by atoms with Crippen LogP contribution in [0.15, 0.2) is 42.5 Å². The topological polar surface area (TPSA) is 37.4 Å². The van der Waals surface area contributed by atoms with Gasteiger partial charge in [-0.3, -0.25) is 9.59 Å². The van der Waals surface area contributed by atoms with Crippen LogP contribution < -0.4 is 4.90 Å². The average molecular weight is 300 g/mol. The van der Waals surface area contributed by atoms with Crippen molar-refractivity contribution in [2.24, 2.45) is 0 Å². The van der Waals surface area contributed by atoms with Gasteiger partial charge in [-0.05, 0) is 49.2 Å². The predicted molar refractivity (Wildman–Crippen MR) is 83.3 cm³/mol. The van der Waals surface area contributed by atoms with Crippen LogP contribution in [0, 0.1) is 0 Å². The van der Waals surface area contributed by atoms with Crippen LogP contribution in [0.25, 0.3) is 0 Å². The lowest BCUT2D eigenvalue weighted by molar-refractivity contribution is 0.0987. The number of Topliss-reactive ketones (excluding diaryl/α,β-unsaturated/α-hetero) is 1. The minimum absolute atomic E-state index is 0.0358. The summed E-state index contributed by atoms with van der Waals surface area (Å²) < 4.78 is 0. The number of hydrogen-bond donors (Lipinski definition) is 0. The monoisotopic (exact) mass is 299 g/mol. The van der Waals surface area contributed by atoms with Crippen LogP contribution in [0.1, 0.15) is 33.2 Å². The molecule has 0 aromatic heterocycles. The summed E-state index contributed by atoms with van der Waals surface area (Å²) in [5.41, 5.74) is 3.08. The molecule has 1 aliphatic heterocycles. The number of benzene rings is 2. The summed E-state index contributed by atoms with van der Waals surface area (Å²) in [5, 5.41) is 0.455. The van der Waals surface area contributed by atoms with Gasteiger partial charge >= 0.3 is 0 Å². The SMILES string of the molecule is CC(=O)c1ccc2c(c1)CCN2C(=O)c1ccccc1Cl. The first-order chi connectivity index (χ1) is 10.1. The van der Waals surface area contributed by atoms with E-state index >= 15 is 0 Å². The second-order valence-electron chi connectivity index (χ2n) is 5.09. The minimum atomic E-state index is -0.102. The second kappa shape index (κ2) is 5.34. The number of fused-ring (bicyclic) bond motifs is 1. The quantitative estimate of drug-likeness (QED) is 0.792. The molecular weight excluding hydrogens is 286 g/mol. The maximum absolute atomic E-state index is 12.6. The molecule has 0 unspecified atom stereocenters. The number of halogens is 1. The van der Waals surface area contributed by atoms with Gasteiger partial charge in [-0.2, -0.15) is 0 Å². The van der Waals surface area contributed by atoms with Gasteiger partial charge in [-0.1, -0.05) is 23.7 Å². The van der Waals surface area contributed by atoms with Crippen molar-refractivity contribution < 1.29 is 9.59 Å². The summed E-state index contributed by atoms with van der Waals surface area (Å²) in [6.07, 6.45) is 0.757. The predicted octanol–water partition coefficient (Wildman–Crippen LogP) is 3.75. The van der Waals surface area contributed by atoms with Gasteiger partial charge in [0.05, 0.1) is 10.6 Å². The molecule has 0 N–H and O–H groups in total. The molecule has 0 radical (unpaired) electrons. The smallest absolute Gasteiger partial charge is 0.259 e. The average Bonchev–Trinajstić information content (AvgIpc) is 2.90. The Morgan fingerprint density at radius 1 is 1.14 bits per heavy atom. The van der Waals surface area contributed by atoms with E-state index in [1.54, 1.807) is 42.2 Å². The van der Waals surface area contributed by atoms with Gasteiger partial charge < -0.3 is 4.90 Å². The van der Waals surface area contributed by atoms with Crippen LogP contribution >= 0.6 is 11.6 Å². The van der Waals surface area contributed by atoms with Gasteiger partial charge in [0.2, 0.25) is 0 Å². The van der Waals surface area contributed by atoms with Crippen LogP contribution in [-0.4, -0.2) is 18.2 Å². The molecule has 106 valence electrons. The number of hydrogen-bond acceptors (Lipinski definition) is 2. The number of nitrogens with zero attached hydrogens (tertiary/aromatic N) is 1. The first-order valence-corrected chi connectivity index (χ1v) is 7.16. The molecule has 0 spiro atoms. The number of ketones is 1. The van der Waals surface area contributed by atoms with Gasteiger partial charge in [0.15, 0.2) is 5.78 Å². The summed E-state index contributed by atoms with van der Waals surface area (Å²) in [5.74, 6) is -0.0661. The summed E-state index contributed by atoms with van der Waals surface area (Å²) in [4.78, 5) is 25.8. The fourth-order valence-corrected chi connectivity index (χ4v) is 2.83. The minimum Gasteiger partial charge on any atom is -0.308 e. The first-order valence-electron chi connectivity index (χ1n) is 6.78. The van der Waals surface area contributed by atoms with Crippen LogP contribution in [0.5, 0.6) is 0 Å². The Morgan fingerprint density at radius 2 is 1.90 bits per heavy atom. The fraction of sp³-hybridized carbons (Fsp3) is 0.176. The Labute approximate surface area is 128 Å². The zero-order valence-electron chi connectivity index (χ0n) is 11.6. The molecular formula is C17H14ClNO2. The van der Waals surface area contributed by atoms with Gasteiger partial charge in [-0.15, -0.1) is 0 Å². The lowest BCUT2D eigenvalue weighted by Gasteiger charge is -2.18. The van der Waals surface area contributed by atoms with Crippen molar-refractivity contribution in [1.29, 1.82) is 0 Å². The number of carbonyl (C=O) groups is 2. The lowest BCUT2D eigenvalue weighted by Crippen LogP contribution is -2.29. The van der Waals surface area contributed by atoms with Crippen LogP contribution in [0.4, 0.5) is 5.69 Å². The fourth-order valence-electron chi connectivity index (χ4n) is 2.61. The normalized spacial score (nSPS) is 13.1. The van der Waals surface area contributed by atoms with E-state index in [0.717, 1.165) is 17.7 Å². The van der Waals surface area contributed by atoms with Crippen molar-refractivity contribution in [3.63, 3.8) is 0 Å². The van der Waals surface area contributed by atoms with E-state index in [9.17, 15) is 9.59 Å². The van der Waals surface area contributed by atoms with Crippen molar-refractivity contribution in [2.45, 2.75) is 13.3 Å². The summed E-state index contributed by atoms with van der Waals surface area (Å²) in [6.45, 7) is 2.16. The molecule has 2 aromatic rings. The Kier molecular flexibility index (Phi) is 3.52. The highest BCUT2D eigenvalue weighted by molar-refractivity contribution is 6.34. The molecule has 1 aliphatic rings. The van der Waals surface area contributed by atoms with E-state index in [1.807, 2.05) is 12.1 Å². The van der Waals surface area contributed by atoms with E-state index in [2.05, 4.69) is 0 Å². The van der Waals surface area contributed by atoms with Gasteiger partial charge in [0, 0.05) is 17.8 Å². The van der Waals surface area contributed by atoms with Gasteiger partial charge in [0.25, 0.3) is 5.91 Å². The van der Waals surface area contributed by atoms with Crippen LogP contribution in [-0.2, 0) is 6.42 Å². The van der Waals surface area contributed by atoms with Crippen LogP contribution in [0.2, 0.25) is 5.02 Å². The highest BCUT2D eigenvalue weighted by Gasteiger charge is 2.27. The highest BCUT2D eigenvalue weighted by atomic mass is 35.5. The third-order valence-electron chi connectivity index (χ3n) is 3.73. The van der Waals surface area contributed by atoms with Crippen molar-refractivity contribution in [3.05, 3.63) is 64.2 Å².